The van der Waals surface area contributed by atoms with E-state index in [1.54, 1.807) is 0 Å². The lowest BCUT2D eigenvalue weighted by atomic mass is 9.94. The van der Waals surface area contributed by atoms with Crippen LogP contribution in [-0.2, 0) is 4.79 Å². The van der Waals surface area contributed by atoms with Gasteiger partial charge in [-0.05, 0) is 31.2 Å². The highest BCUT2D eigenvalue weighted by Gasteiger charge is 2.34. The molecule has 0 aliphatic carbocycles. The normalized spacial score (nSPS) is 23.9. The van der Waals surface area contributed by atoms with Crippen LogP contribution in [-0.4, -0.2) is 36.5 Å². The highest BCUT2D eigenvalue weighted by atomic mass is 16.2. The van der Waals surface area contributed by atoms with Crippen molar-refractivity contribution in [1.82, 2.24) is 10.2 Å². The summed E-state index contributed by atoms with van der Waals surface area (Å²) in [4.78, 5) is 14.9. The van der Waals surface area contributed by atoms with Gasteiger partial charge in [0.2, 0.25) is 5.91 Å². The molecule has 2 unspecified atom stereocenters. The minimum absolute atomic E-state index is 0.185. The SMILES string of the molecule is CCC(CC)N(CC(C)C)C(=O)C1CNCC1C. The van der Waals surface area contributed by atoms with Crippen molar-refractivity contribution in [3.63, 3.8) is 0 Å². The molecule has 0 bridgehead atoms. The van der Waals surface area contributed by atoms with Gasteiger partial charge in [0.15, 0.2) is 0 Å². The van der Waals surface area contributed by atoms with Crippen LogP contribution in [0.5, 0.6) is 0 Å². The Labute approximate surface area is 112 Å². The molecule has 2 atom stereocenters. The number of nitrogens with one attached hydrogen (secondary N) is 1. The molecule has 1 amide bonds. The monoisotopic (exact) mass is 254 g/mol. The van der Waals surface area contributed by atoms with E-state index in [-0.39, 0.29) is 5.92 Å². The lowest BCUT2D eigenvalue weighted by Gasteiger charge is -2.34. The Morgan fingerprint density at radius 2 is 1.89 bits per heavy atom. The zero-order valence-corrected chi connectivity index (χ0v) is 12.7. The quantitative estimate of drug-likeness (QED) is 0.790. The first-order chi connectivity index (χ1) is 8.51. The molecular weight excluding hydrogens is 224 g/mol. The molecule has 1 aliphatic rings. The van der Waals surface area contributed by atoms with Gasteiger partial charge in [0.1, 0.15) is 0 Å². The first-order valence-electron chi connectivity index (χ1n) is 7.52. The molecule has 1 fully saturated rings. The number of nitrogens with zero attached hydrogens (tertiary/aromatic N) is 1. The average molecular weight is 254 g/mol. The van der Waals surface area contributed by atoms with E-state index in [9.17, 15) is 4.79 Å². The summed E-state index contributed by atoms with van der Waals surface area (Å²) in [6, 6.07) is 0.410. The van der Waals surface area contributed by atoms with Crippen molar-refractivity contribution in [2.24, 2.45) is 17.8 Å². The van der Waals surface area contributed by atoms with Crippen LogP contribution in [0.15, 0.2) is 0 Å². The third-order valence-electron chi connectivity index (χ3n) is 4.06. The Kier molecular flexibility index (Phi) is 6.13. The third-order valence-corrected chi connectivity index (χ3v) is 4.06. The number of amides is 1. The molecule has 0 aromatic carbocycles. The smallest absolute Gasteiger partial charge is 0.227 e. The van der Waals surface area contributed by atoms with Gasteiger partial charge in [-0.15, -0.1) is 0 Å². The number of rotatable bonds is 6. The summed E-state index contributed by atoms with van der Waals surface area (Å²) in [5.41, 5.74) is 0. The van der Waals surface area contributed by atoms with Gasteiger partial charge in [0, 0.05) is 19.1 Å². The minimum atomic E-state index is 0.185. The van der Waals surface area contributed by atoms with Crippen LogP contribution in [0.25, 0.3) is 0 Å². The van der Waals surface area contributed by atoms with E-state index in [1.807, 2.05) is 0 Å². The predicted molar refractivity (Wildman–Crippen MR) is 76.4 cm³/mol. The summed E-state index contributed by atoms with van der Waals surface area (Å²) in [6.07, 6.45) is 2.12. The lowest BCUT2D eigenvalue weighted by molar-refractivity contribution is -0.139. The van der Waals surface area contributed by atoms with Gasteiger partial charge in [-0.25, -0.2) is 0 Å². The van der Waals surface area contributed by atoms with Crippen molar-refractivity contribution < 1.29 is 4.79 Å². The topological polar surface area (TPSA) is 32.3 Å². The van der Waals surface area contributed by atoms with Crippen molar-refractivity contribution in [3.8, 4) is 0 Å². The van der Waals surface area contributed by atoms with E-state index in [0.29, 0.717) is 23.8 Å². The standard InChI is InChI=1S/C15H30N2O/c1-6-13(7-2)17(10-11(3)4)15(18)14-9-16-8-12(14)5/h11-14,16H,6-10H2,1-5H3. The maximum absolute atomic E-state index is 12.7. The molecule has 0 aromatic heterocycles. The Balaban J connectivity index is 2.77. The third kappa shape index (κ3) is 3.71. The highest BCUT2D eigenvalue weighted by molar-refractivity contribution is 5.80. The van der Waals surface area contributed by atoms with E-state index >= 15 is 0 Å². The van der Waals surface area contributed by atoms with Crippen molar-refractivity contribution >= 4 is 5.91 Å². The molecule has 3 nitrogen and oxygen atoms in total. The molecule has 0 radical (unpaired) electrons. The van der Waals surface area contributed by atoms with E-state index in [2.05, 4.69) is 44.8 Å². The maximum atomic E-state index is 12.7. The molecule has 1 N–H and O–H groups in total. The van der Waals surface area contributed by atoms with Gasteiger partial charge in [-0.1, -0.05) is 34.6 Å². The molecule has 106 valence electrons. The van der Waals surface area contributed by atoms with Gasteiger partial charge in [0.05, 0.1) is 5.92 Å². The zero-order chi connectivity index (χ0) is 13.7. The van der Waals surface area contributed by atoms with Crippen LogP contribution in [0.2, 0.25) is 0 Å². The second kappa shape index (κ2) is 7.13. The molecule has 3 heteroatoms. The number of carbonyl (C=O) groups excluding carboxylic acids is 1. The number of hydrogen-bond acceptors (Lipinski definition) is 2. The van der Waals surface area contributed by atoms with Crippen LogP contribution in [0, 0.1) is 17.8 Å². The first kappa shape index (κ1) is 15.5. The summed E-state index contributed by atoms with van der Waals surface area (Å²) < 4.78 is 0. The Morgan fingerprint density at radius 3 is 2.28 bits per heavy atom. The Bertz CT molecular complexity index is 261. The molecule has 1 heterocycles. The Hall–Kier alpha value is -0.570. The molecule has 0 aromatic rings. The fourth-order valence-electron chi connectivity index (χ4n) is 2.90. The summed E-state index contributed by atoms with van der Waals surface area (Å²) in [6.45, 7) is 13.7. The van der Waals surface area contributed by atoms with E-state index in [1.165, 1.54) is 0 Å². The van der Waals surface area contributed by atoms with Crippen LogP contribution in [0.4, 0.5) is 0 Å². The van der Waals surface area contributed by atoms with Crippen molar-refractivity contribution in [2.45, 2.75) is 53.5 Å². The van der Waals surface area contributed by atoms with Crippen LogP contribution < -0.4 is 5.32 Å². The zero-order valence-electron chi connectivity index (χ0n) is 12.7. The number of carbonyl (C=O) groups is 1. The Morgan fingerprint density at radius 1 is 1.28 bits per heavy atom. The van der Waals surface area contributed by atoms with E-state index < -0.39 is 0 Å². The maximum Gasteiger partial charge on any atom is 0.227 e. The first-order valence-corrected chi connectivity index (χ1v) is 7.52. The van der Waals surface area contributed by atoms with E-state index in [4.69, 9.17) is 0 Å². The minimum Gasteiger partial charge on any atom is -0.339 e. The second-order valence-corrected chi connectivity index (χ2v) is 6.10. The van der Waals surface area contributed by atoms with Crippen LogP contribution in [0.1, 0.15) is 47.5 Å². The van der Waals surface area contributed by atoms with Gasteiger partial charge < -0.3 is 10.2 Å². The summed E-state index contributed by atoms with van der Waals surface area (Å²) in [7, 11) is 0. The van der Waals surface area contributed by atoms with Gasteiger partial charge >= 0.3 is 0 Å². The highest BCUT2D eigenvalue weighted by Crippen LogP contribution is 2.22. The second-order valence-electron chi connectivity index (χ2n) is 6.10. The fourth-order valence-corrected chi connectivity index (χ4v) is 2.90. The van der Waals surface area contributed by atoms with Gasteiger partial charge in [-0.2, -0.15) is 0 Å². The number of hydrogen-bond donors (Lipinski definition) is 1. The van der Waals surface area contributed by atoms with Crippen LogP contribution >= 0.6 is 0 Å². The average Bonchev–Trinajstić information content (AvgIpc) is 2.74. The molecule has 0 spiro atoms. The molecule has 1 saturated heterocycles. The fraction of sp³-hybridized carbons (Fsp3) is 0.933. The lowest BCUT2D eigenvalue weighted by Crippen LogP contribution is -2.46. The summed E-state index contributed by atoms with van der Waals surface area (Å²) >= 11 is 0. The van der Waals surface area contributed by atoms with Crippen LogP contribution in [0.3, 0.4) is 0 Å². The van der Waals surface area contributed by atoms with Gasteiger partial charge in [0.25, 0.3) is 0 Å². The van der Waals surface area contributed by atoms with Crippen molar-refractivity contribution in [2.75, 3.05) is 19.6 Å². The summed E-state index contributed by atoms with van der Waals surface area (Å²) in [5, 5.41) is 3.34. The van der Waals surface area contributed by atoms with Gasteiger partial charge in [-0.3, -0.25) is 4.79 Å². The van der Waals surface area contributed by atoms with Crippen molar-refractivity contribution in [3.05, 3.63) is 0 Å². The summed E-state index contributed by atoms with van der Waals surface area (Å²) in [5.74, 6) is 1.57. The molecular formula is C15H30N2O. The predicted octanol–water partition coefficient (Wildman–Crippen LogP) is 2.52. The molecule has 1 rings (SSSR count). The molecule has 18 heavy (non-hydrogen) atoms. The largest absolute Gasteiger partial charge is 0.339 e. The molecule has 0 saturated carbocycles. The van der Waals surface area contributed by atoms with E-state index in [0.717, 1.165) is 32.5 Å². The van der Waals surface area contributed by atoms with Crippen molar-refractivity contribution in [1.29, 1.82) is 0 Å². The molecule has 1 aliphatic heterocycles.